The average molecular weight is 327 g/mol. The highest BCUT2D eigenvalue weighted by Crippen LogP contribution is 2.42. The first-order chi connectivity index (χ1) is 11.7. The summed E-state index contributed by atoms with van der Waals surface area (Å²) in [4.78, 5) is 12.6. The number of hydrogen-bond donors (Lipinski definition) is 1. The van der Waals surface area contributed by atoms with Gasteiger partial charge in [-0.05, 0) is 37.1 Å². The quantitative estimate of drug-likeness (QED) is 0.870. The summed E-state index contributed by atoms with van der Waals surface area (Å²) in [7, 11) is 0. The van der Waals surface area contributed by atoms with E-state index in [2.05, 4.69) is 15.4 Å². The number of aromatic amines is 1. The number of hydrogen-bond acceptors (Lipinski definition) is 6. The van der Waals surface area contributed by atoms with Gasteiger partial charge in [0.1, 0.15) is 5.69 Å². The van der Waals surface area contributed by atoms with E-state index in [-0.39, 0.29) is 18.7 Å². The lowest BCUT2D eigenvalue weighted by molar-refractivity contribution is -0.138. The zero-order valence-electron chi connectivity index (χ0n) is 13.5. The van der Waals surface area contributed by atoms with Gasteiger partial charge in [0.25, 0.3) is 0 Å². The van der Waals surface area contributed by atoms with Crippen molar-refractivity contribution in [2.75, 3.05) is 13.4 Å². The molecule has 7 nitrogen and oxygen atoms in total. The summed E-state index contributed by atoms with van der Waals surface area (Å²) >= 11 is 0. The van der Waals surface area contributed by atoms with Crippen molar-refractivity contribution in [3.05, 3.63) is 40.7 Å². The third-order valence-corrected chi connectivity index (χ3v) is 4.42. The maximum absolute atomic E-state index is 12.6. The number of carbonyl (C=O) groups is 1. The van der Waals surface area contributed by atoms with Crippen LogP contribution in [0.3, 0.4) is 0 Å². The van der Waals surface area contributed by atoms with E-state index in [1.165, 1.54) is 0 Å². The van der Waals surface area contributed by atoms with Gasteiger partial charge in [-0.3, -0.25) is 0 Å². The molecule has 7 heteroatoms. The lowest BCUT2D eigenvalue weighted by atomic mass is 9.79. The minimum absolute atomic E-state index is 0.156. The number of nitrogens with zero attached hydrogens (tertiary/aromatic N) is 2. The van der Waals surface area contributed by atoms with E-state index in [4.69, 9.17) is 14.2 Å². The Kier molecular flexibility index (Phi) is 3.48. The maximum Gasteiger partial charge on any atom is 0.334 e. The second kappa shape index (κ2) is 5.67. The number of ether oxygens (including phenoxy) is 3. The summed E-state index contributed by atoms with van der Waals surface area (Å²) in [6.07, 6.45) is 0.580. The predicted molar refractivity (Wildman–Crippen MR) is 84.6 cm³/mol. The molecule has 1 aliphatic carbocycles. The van der Waals surface area contributed by atoms with Crippen molar-refractivity contribution in [1.29, 1.82) is 0 Å². The molecule has 2 aliphatic rings. The van der Waals surface area contributed by atoms with Crippen molar-refractivity contribution >= 4 is 11.5 Å². The topological polar surface area (TPSA) is 86.3 Å². The van der Waals surface area contributed by atoms with Gasteiger partial charge in [0.05, 0.1) is 17.9 Å². The van der Waals surface area contributed by atoms with Crippen molar-refractivity contribution in [3.63, 3.8) is 0 Å². The standard InChI is InChI=1S/C17H17N3O4/c1-3-22-17(21)15-9(2)16-12(18-20-19-16)7-11(15)10-4-5-13-14(6-10)24-8-23-13/h4-6,11H,3,7-8H2,1-2H3,(H,18,19,20). The molecule has 0 spiro atoms. The molecule has 0 amide bonds. The van der Waals surface area contributed by atoms with Crippen molar-refractivity contribution in [3.8, 4) is 11.5 Å². The number of H-pyrrole nitrogens is 1. The van der Waals surface area contributed by atoms with Crippen molar-refractivity contribution in [2.24, 2.45) is 0 Å². The van der Waals surface area contributed by atoms with Gasteiger partial charge in [0, 0.05) is 12.3 Å². The van der Waals surface area contributed by atoms with E-state index in [0.717, 1.165) is 28.3 Å². The largest absolute Gasteiger partial charge is 0.463 e. The molecule has 1 N–H and O–H groups in total. The molecule has 0 saturated carbocycles. The van der Waals surface area contributed by atoms with Crippen LogP contribution in [0.25, 0.3) is 5.57 Å². The van der Waals surface area contributed by atoms with Crippen molar-refractivity contribution < 1.29 is 19.0 Å². The van der Waals surface area contributed by atoms with Crippen LogP contribution >= 0.6 is 0 Å². The second-order valence-electron chi connectivity index (χ2n) is 5.75. The molecule has 0 saturated heterocycles. The molecule has 1 atom stereocenters. The van der Waals surface area contributed by atoms with E-state index < -0.39 is 0 Å². The van der Waals surface area contributed by atoms with Crippen LogP contribution in [0.1, 0.15) is 36.7 Å². The number of esters is 1. The fourth-order valence-corrected chi connectivity index (χ4v) is 3.30. The summed E-state index contributed by atoms with van der Waals surface area (Å²) in [6.45, 7) is 4.23. The number of rotatable bonds is 3. The normalized spacial score (nSPS) is 18.5. The fourth-order valence-electron chi connectivity index (χ4n) is 3.30. The van der Waals surface area contributed by atoms with Crippen LogP contribution in [-0.4, -0.2) is 34.8 Å². The SMILES string of the molecule is CCOC(=O)C1=C(C)c2n[nH]nc2CC1c1ccc2c(c1)OCO2. The summed E-state index contributed by atoms with van der Waals surface area (Å²) in [5.74, 6) is 0.942. The van der Waals surface area contributed by atoms with Crippen molar-refractivity contribution in [1.82, 2.24) is 15.4 Å². The van der Waals surface area contributed by atoms with Gasteiger partial charge in [0.15, 0.2) is 11.5 Å². The Morgan fingerprint density at radius 2 is 2.17 bits per heavy atom. The Bertz CT molecular complexity index is 840. The van der Waals surface area contributed by atoms with Crippen LogP contribution in [0.15, 0.2) is 23.8 Å². The monoisotopic (exact) mass is 327 g/mol. The van der Waals surface area contributed by atoms with Gasteiger partial charge in [-0.15, -0.1) is 0 Å². The van der Waals surface area contributed by atoms with E-state index in [0.29, 0.717) is 24.4 Å². The maximum atomic E-state index is 12.6. The second-order valence-corrected chi connectivity index (χ2v) is 5.75. The number of fused-ring (bicyclic) bond motifs is 2. The third-order valence-electron chi connectivity index (χ3n) is 4.42. The Hall–Kier alpha value is -2.83. The Morgan fingerprint density at radius 3 is 3.00 bits per heavy atom. The van der Waals surface area contributed by atoms with Crippen LogP contribution in [-0.2, 0) is 16.0 Å². The number of carbonyl (C=O) groups excluding carboxylic acids is 1. The molecule has 1 aromatic heterocycles. The molecule has 0 radical (unpaired) electrons. The molecule has 124 valence electrons. The summed E-state index contributed by atoms with van der Waals surface area (Å²) in [5, 5.41) is 11.0. The molecule has 1 unspecified atom stereocenters. The predicted octanol–water partition coefficient (Wildman–Crippen LogP) is 2.21. The van der Waals surface area contributed by atoms with E-state index >= 15 is 0 Å². The van der Waals surface area contributed by atoms with Gasteiger partial charge in [-0.2, -0.15) is 15.4 Å². The molecule has 2 heterocycles. The van der Waals surface area contributed by atoms with E-state index in [1.807, 2.05) is 25.1 Å². The number of benzene rings is 1. The van der Waals surface area contributed by atoms with Crippen molar-refractivity contribution in [2.45, 2.75) is 26.2 Å². The minimum Gasteiger partial charge on any atom is -0.463 e. The summed E-state index contributed by atoms with van der Waals surface area (Å²) in [6, 6.07) is 5.74. The first kappa shape index (κ1) is 14.7. The van der Waals surface area contributed by atoms with Gasteiger partial charge in [-0.25, -0.2) is 4.79 Å². The van der Waals surface area contributed by atoms with Crippen LogP contribution in [0.4, 0.5) is 0 Å². The van der Waals surface area contributed by atoms with Crippen LogP contribution in [0, 0.1) is 0 Å². The Labute approximate surface area is 138 Å². The summed E-state index contributed by atoms with van der Waals surface area (Å²) in [5.41, 5.74) is 3.97. The van der Waals surface area contributed by atoms with E-state index in [9.17, 15) is 4.79 Å². The molecule has 4 rings (SSSR count). The first-order valence-corrected chi connectivity index (χ1v) is 7.86. The fraction of sp³-hybridized carbons (Fsp3) is 0.353. The molecular weight excluding hydrogens is 310 g/mol. The third kappa shape index (κ3) is 2.24. The zero-order chi connectivity index (χ0) is 16.7. The number of aromatic nitrogens is 3. The molecule has 0 bridgehead atoms. The lowest BCUT2D eigenvalue weighted by Gasteiger charge is -2.25. The van der Waals surface area contributed by atoms with Gasteiger partial charge in [0.2, 0.25) is 6.79 Å². The van der Waals surface area contributed by atoms with Crippen LogP contribution in [0.2, 0.25) is 0 Å². The van der Waals surface area contributed by atoms with Gasteiger partial charge < -0.3 is 14.2 Å². The highest BCUT2D eigenvalue weighted by Gasteiger charge is 2.34. The molecule has 1 aliphatic heterocycles. The average Bonchev–Trinajstić information content (AvgIpc) is 3.23. The zero-order valence-corrected chi connectivity index (χ0v) is 13.5. The van der Waals surface area contributed by atoms with Gasteiger partial charge in [-0.1, -0.05) is 6.07 Å². The first-order valence-electron chi connectivity index (χ1n) is 7.86. The van der Waals surface area contributed by atoms with Gasteiger partial charge >= 0.3 is 5.97 Å². The molecular formula is C17H17N3O4. The molecule has 0 fully saturated rings. The van der Waals surface area contributed by atoms with Crippen LogP contribution < -0.4 is 9.47 Å². The Balaban J connectivity index is 1.81. The lowest BCUT2D eigenvalue weighted by Crippen LogP contribution is -2.22. The highest BCUT2D eigenvalue weighted by molar-refractivity contribution is 5.99. The number of nitrogens with one attached hydrogen (secondary N) is 1. The molecule has 24 heavy (non-hydrogen) atoms. The summed E-state index contributed by atoms with van der Waals surface area (Å²) < 4.78 is 16.1. The highest BCUT2D eigenvalue weighted by atomic mass is 16.7. The number of allylic oxidation sites excluding steroid dienone is 1. The Morgan fingerprint density at radius 1 is 1.33 bits per heavy atom. The van der Waals surface area contributed by atoms with Crippen LogP contribution in [0.5, 0.6) is 11.5 Å². The smallest absolute Gasteiger partial charge is 0.334 e. The van der Waals surface area contributed by atoms with E-state index in [1.54, 1.807) is 6.92 Å². The molecule has 2 aromatic rings. The molecule has 1 aromatic carbocycles. The minimum atomic E-state index is -0.314.